The molecule has 7 heteroatoms. The molecule has 7 nitrogen and oxygen atoms in total. The number of nitrogens with zero attached hydrogens (tertiary/aromatic N) is 3. The molecule has 1 N–H and O–H groups in total. The first kappa shape index (κ1) is 21.0. The van der Waals surface area contributed by atoms with Gasteiger partial charge in [0.1, 0.15) is 5.82 Å². The van der Waals surface area contributed by atoms with Gasteiger partial charge in [0.05, 0.1) is 5.41 Å². The summed E-state index contributed by atoms with van der Waals surface area (Å²) in [6, 6.07) is 9.23. The van der Waals surface area contributed by atoms with Gasteiger partial charge < -0.3 is 9.80 Å². The van der Waals surface area contributed by atoms with Gasteiger partial charge in [-0.05, 0) is 56.5 Å². The van der Waals surface area contributed by atoms with Gasteiger partial charge in [-0.25, -0.2) is 4.98 Å². The molecule has 2 aliphatic rings. The number of hydrogen-bond donors (Lipinski definition) is 1. The Labute approximate surface area is 182 Å². The van der Waals surface area contributed by atoms with E-state index in [1.165, 1.54) is 5.56 Å². The average molecular weight is 421 g/mol. The number of carbonyl (C=O) groups excluding carboxylic acids is 3. The largest absolute Gasteiger partial charge is 0.353 e. The predicted molar refractivity (Wildman–Crippen MR) is 118 cm³/mol. The highest BCUT2D eigenvalue weighted by Crippen LogP contribution is 2.32. The summed E-state index contributed by atoms with van der Waals surface area (Å²) in [5, 5.41) is 2.36. The topological polar surface area (TPSA) is 82.6 Å². The molecule has 31 heavy (non-hydrogen) atoms. The fourth-order valence-corrected chi connectivity index (χ4v) is 4.38. The van der Waals surface area contributed by atoms with Crippen molar-refractivity contribution in [2.45, 2.75) is 39.5 Å². The van der Waals surface area contributed by atoms with Gasteiger partial charge in [0.25, 0.3) is 5.91 Å². The van der Waals surface area contributed by atoms with Crippen LogP contribution in [0.2, 0.25) is 0 Å². The van der Waals surface area contributed by atoms with Gasteiger partial charge >= 0.3 is 0 Å². The van der Waals surface area contributed by atoms with Crippen LogP contribution in [0.1, 0.15) is 46.1 Å². The second-order valence-electron chi connectivity index (χ2n) is 8.77. The molecule has 1 unspecified atom stereocenters. The number of pyridine rings is 1. The minimum atomic E-state index is -0.874. The molecule has 1 atom stereocenters. The van der Waals surface area contributed by atoms with Gasteiger partial charge in [-0.2, -0.15) is 0 Å². The van der Waals surface area contributed by atoms with E-state index in [9.17, 15) is 14.4 Å². The van der Waals surface area contributed by atoms with Crippen molar-refractivity contribution in [3.8, 4) is 0 Å². The van der Waals surface area contributed by atoms with Crippen molar-refractivity contribution < 1.29 is 14.4 Å². The van der Waals surface area contributed by atoms with Gasteiger partial charge in [-0.3, -0.25) is 19.7 Å². The van der Waals surface area contributed by atoms with Gasteiger partial charge in [-0.1, -0.05) is 18.2 Å². The van der Waals surface area contributed by atoms with Crippen LogP contribution in [0.4, 0.5) is 5.82 Å². The molecular formula is C24H28N4O3. The second-order valence-corrected chi connectivity index (χ2v) is 8.77. The molecular weight excluding hydrogens is 392 g/mol. The van der Waals surface area contributed by atoms with E-state index in [4.69, 9.17) is 4.98 Å². The third-order valence-corrected chi connectivity index (χ3v) is 6.53. The minimum Gasteiger partial charge on any atom is -0.353 e. The van der Waals surface area contributed by atoms with Crippen molar-refractivity contribution in [1.82, 2.24) is 15.2 Å². The lowest BCUT2D eigenvalue weighted by Gasteiger charge is -2.36. The third-order valence-electron chi connectivity index (χ3n) is 6.53. The number of nitrogens with one attached hydrogen (secondary N) is 1. The zero-order valence-electron chi connectivity index (χ0n) is 18.5. The molecule has 0 bridgehead atoms. The van der Waals surface area contributed by atoms with Crippen LogP contribution >= 0.6 is 0 Å². The van der Waals surface area contributed by atoms with Crippen molar-refractivity contribution in [2.75, 3.05) is 31.1 Å². The smallest absolute Gasteiger partial charge is 0.253 e. The molecule has 0 radical (unpaired) electrons. The van der Waals surface area contributed by atoms with Crippen LogP contribution < -0.4 is 10.2 Å². The first-order valence-electron chi connectivity index (χ1n) is 10.6. The number of carbonyl (C=O) groups is 3. The fourth-order valence-electron chi connectivity index (χ4n) is 4.38. The van der Waals surface area contributed by atoms with Gasteiger partial charge in [0, 0.05) is 43.9 Å². The molecule has 1 aromatic heterocycles. The Morgan fingerprint density at radius 2 is 1.65 bits per heavy atom. The number of aromatic nitrogens is 1. The number of amides is 3. The van der Waals surface area contributed by atoms with Crippen molar-refractivity contribution in [3.05, 3.63) is 58.3 Å². The quantitative estimate of drug-likeness (QED) is 0.771. The molecule has 1 aromatic carbocycles. The number of piperazine rings is 1. The van der Waals surface area contributed by atoms with Crippen LogP contribution in [0.25, 0.3) is 0 Å². The Hall–Kier alpha value is -3.22. The number of aryl methyl sites for hydroxylation is 3. The van der Waals surface area contributed by atoms with Crippen molar-refractivity contribution in [1.29, 1.82) is 0 Å². The van der Waals surface area contributed by atoms with E-state index in [0.29, 0.717) is 18.7 Å². The molecule has 2 aromatic rings. The summed E-state index contributed by atoms with van der Waals surface area (Å²) in [4.78, 5) is 45.6. The zero-order chi connectivity index (χ0) is 22.3. The second kappa shape index (κ2) is 7.80. The summed E-state index contributed by atoms with van der Waals surface area (Å²) < 4.78 is 0. The molecule has 0 spiro atoms. The van der Waals surface area contributed by atoms with E-state index < -0.39 is 5.41 Å². The van der Waals surface area contributed by atoms with E-state index in [1.807, 2.05) is 11.8 Å². The van der Waals surface area contributed by atoms with Crippen LogP contribution in [0, 0.1) is 20.8 Å². The molecule has 2 fully saturated rings. The summed E-state index contributed by atoms with van der Waals surface area (Å²) in [6.45, 7) is 10.7. The first-order chi connectivity index (χ1) is 14.7. The van der Waals surface area contributed by atoms with E-state index in [1.54, 1.807) is 31.2 Å². The maximum absolute atomic E-state index is 13.0. The Balaban J connectivity index is 1.43. The zero-order valence-corrected chi connectivity index (χ0v) is 18.5. The lowest BCUT2D eigenvalue weighted by molar-refractivity contribution is -0.126. The van der Waals surface area contributed by atoms with Crippen LogP contribution in [0.5, 0.6) is 0 Å². The van der Waals surface area contributed by atoms with Crippen LogP contribution in [0.15, 0.2) is 30.3 Å². The monoisotopic (exact) mass is 420 g/mol. The summed E-state index contributed by atoms with van der Waals surface area (Å²) in [5.41, 5.74) is 3.83. The third kappa shape index (κ3) is 3.80. The number of anilines is 1. The summed E-state index contributed by atoms with van der Waals surface area (Å²) in [6.07, 6.45) is 0.132. The maximum atomic E-state index is 13.0. The van der Waals surface area contributed by atoms with Crippen LogP contribution in [-0.2, 0) is 15.0 Å². The Bertz CT molecular complexity index is 1060. The SMILES string of the molecule is Cc1cc(C)c(N2CCN(C(=O)c3ccc(C4(C)CC(=O)NC4=O)cc3)CC2)nc1C. The molecule has 0 saturated carbocycles. The highest BCUT2D eigenvalue weighted by molar-refractivity contribution is 6.08. The standard InChI is InChI=1S/C24H28N4O3/c1-15-13-16(2)21(25-17(15)3)27-9-11-28(12-10-27)22(30)18-5-7-19(8-6-18)24(4)14-20(29)26-23(24)31/h5-8,13H,9-12,14H2,1-4H3,(H,26,29,31). The van der Waals surface area contributed by atoms with Crippen LogP contribution in [0.3, 0.4) is 0 Å². The van der Waals surface area contributed by atoms with E-state index >= 15 is 0 Å². The number of benzene rings is 1. The van der Waals surface area contributed by atoms with Gasteiger partial charge in [0.2, 0.25) is 11.8 Å². The molecule has 2 saturated heterocycles. The fraction of sp³-hybridized carbons (Fsp3) is 0.417. The maximum Gasteiger partial charge on any atom is 0.253 e. The highest BCUT2D eigenvalue weighted by Gasteiger charge is 2.43. The molecule has 4 rings (SSSR count). The molecule has 0 aliphatic carbocycles. The van der Waals surface area contributed by atoms with E-state index in [0.717, 1.165) is 35.7 Å². The number of rotatable bonds is 3. The van der Waals surface area contributed by atoms with E-state index in [2.05, 4.69) is 30.1 Å². The number of imide groups is 1. The Morgan fingerprint density at radius 1 is 1.00 bits per heavy atom. The van der Waals surface area contributed by atoms with Gasteiger partial charge in [-0.15, -0.1) is 0 Å². The van der Waals surface area contributed by atoms with E-state index in [-0.39, 0.29) is 24.1 Å². The van der Waals surface area contributed by atoms with Crippen LogP contribution in [-0.4, -0.2) is 53.8 Å². The molecule has 3 amide bonds. The summed E-state index contributed by atoms with van der Waals surface area (Å²) in [5.74, 6) is 0.423. The lowest BCUT2D eigenvalue weighted by atomic mass is 9.80. The van der Waals surface area contributed by atoms with Crippen molar-refractivity contribution in [3.63, 3.8) is 0 Å². The highest BCUT2D eigenvalue weighted by atomic mass is 16.2. The molecule has 162 valence electrons. The molecule has 3 heterocycles. The normalized spacial score (nSPS) is 21.4. The summed E-state index contributed by atoms with van der Waals surface area (Å²) >= 11 is 0. The predicted octanol–water partition coefficient (Wildman–Crippen LogP) is 2.27. The van der Waals surface area contributed by atoms with Crippen molar-refractivity contribution in [2.24, 2.45) is 0 Å². The van der Waals surface area contributed by atoms with Crippen molar-refractivity contribution >= 4 is 23.5 Å². The Morgan fingerprint density at radius 3 is 2.23 bits per heavy atom. The van der Waals surface area contributed by atoms with Gasteiger partial charge in [0.15, 0.2) is 0 Å². The first-order valence-corrected chi connectivity index (χ1v) is 10.6. The lowest BCUT2D eigenvalue weighted by Crippen LogP contribution is -2.49. The summed E-state index contributed by atoms with van der Waals surface area (Å²) in [7, 11) is 0. The number of hydrogen-bond acceptors (Lipinski definition) is 5. The molecule has 2 aliphatic heterocycles. The minimum absolute atomic E-state index is 0.0203. The Kier molecular flexibility index (Phi) is 5.29. The average Bonchev–Trinajstić information content (AvgIpc) is 3.02.